The van der Waals surface area contributed by atoms with Crippen LogP contribution in [0.3, 0.4) is 0 Å². The average molecular weight is 245 g/mol. The average Bonchev–Trinajstić information content (AvgIpc) is 2.26. The van der Waals surface area contributed by atoms with Gasteiger partial charge in [-0.1, -0.05) is 20.8 Å². The summed E-state index contributed by atoms with van der Waals surface area (Å²) >= 11 is 0. The highest BCUT2D eigenvalue weighted by Gasteiger charge is 2.30. The van der Waals surface area contributed by atoms with E-state index in [4.69, 9.17) is 0 Å². The molecule has 0 saturated carbocycles. The molecule has 0 aliphatic carbocycles. The van der Waals surface area contributed by atoms with E-state index in [1.807, 2.05) is 20.8 Å². The molecule has 1 rings (SSSR count). The summed E-state index contributed by atoms with van der Waals surface area (Å²) in [6.07, 6.45) is 0.789. The first kappa shape index (κ1) is 14.0. The zero-order valence-electron chi connectivity index (χ0n) is 10.6. The monoisotopic (exact) mass is 245 g/mol. The van der Waals surface area contributed by atoms with E-state index in [1.54, 1.807) is 7.05 Å². The molecule has 1 atom stereocenters. The second-order valence-electron chi connectivity index (χ2n) is 4.85. The predicted octanol–water partition coefficient (Wildman–Crippen LogP) is 3.80. The highest BCUT2D eigenvalue weighted by atomic mass is 19.2. The zero-order chi connectivity index (χ0) is 13.2. The van der Waals surface area contributed by atoms with Gasteiger partial charge in [-0.2, -0.15) is 0 Å². The summed E-state index contributed by atoms with van der Waals surface area (Å²) in [6, 6.07) is 1.17. The molecule has 0 radical (unpaired) electrons. The minimum atomic E-state index is -1.16. The number of rotatable bonds is 4. The van der Waals surface area contributed by atoms with Crippen LogP contribution in [-0.2, 0) is 0 Å². The van der Waals surface area contributed by atoms with Crippen LogP contribution < -0.4 is 5.32 Å². The Bertz CT molecular complexity index is 402. The van der Waals surface area contributed by atoms with Gasteiger partial charge in [-0.25, -0.2) is 13.2 Å². The molecule has 1 aromatic rings. The van der Waals surface area contributed by atoms with Crippen molar-refractivity contribution < 1.29 is 13.2 Å². The van der Waals surface area contributed by atoms with Gasteiger partial charge in [0.2, 0.25) is 0 Å². The SMILES string of the molecule is CCC(C)(C)C(NC)c1cc(F)c(F)cc1F. The van der Waals surface area contributed by atoms with Crippen LogP contribution in [0.25, 0.3) is 0 Å². The van der Waals surface area contributed by atoms with E-state index in [9.17, 15) is 13.2 Å². The van der Waals surface area contributed by atoms with Gasteiger partial charge >= 0.3 is 0 Å². The smallest absolute Gasteiger partial charge is 0.161 e. The first-order chi connectivity index (χ1) is 7.83. The van der Waals surface area contributed by atoms with Crippen molar-refractivity contribution in [2.75, 3.05) is 7.05 Å². The number of hydrogen-bond donors (Lipinski definition) is 1. The third-order valence-corrected chi connectivity index (χ3v) is 3.33. The van der Waals surface area contributed by atoms with Gasteiger partial charge in [0.25, 0.3) is 0 Å². The Morgan fingerprint density at radius 3 is 2.12 bits per heavy atom. The summed E-state index contributed by atoms with van der Waals surface area (Å²) in [5, 5.41) is 2.97. The zero-order valence-corrected chi connectivity index (χ0v) is 10.6. The van der Waals surface area contributed by atoms with Crippen LogP contribution in [-0.4, -0.2) is 7.05 Å². The molecule has 0 saturated heterocycles. The highest BCUT2D eigenvalue weighted by Crippen LogP contribution is 2.37. The Kier molecular flexibility index (Phi) is 4.20. The molecule has 0 spiro atoms. The predicted molar refractivity (Wildman–Crippen MR) is 62.2 cm³/mol. The molecule has 4 heteroatoms. The van der Waals surface area contributed by atoms with Crippen molar-refractivity contribution >= 4 is 0 Å². The summed E-state index contributed by atoms with van der Waals surface area (Å²) in [7, 11) is 1.68. The maximum atomic E-state index is 13.7. The molecule has 0 aliphatic heterocycles. The van der Waals surface area contributed by atoms with Gasteiger partial charge in [-0.15, -0.1) is 0 Å². The number of nitrogens with one attached hydrogen (secondary N) is 1. The van der Waals surface area contributed by atoms with Crippen molar-refractivity contribution in [3.8, 4) is 0 Å². The lowest BCUT2D eigenvalue weighted by molar-refractivity contribution is 0.239. The maximum Gasteiger partial charge on any atom is 0.161 e. The maximum absolute atomic E-state index is 13.7. The standard InChI is InChI=1S/C13H18F3N/c1-5-13(2,3)12(17-4)8-6-10(15)11(16)7-9(8)14/h6-7,12,17H,5H2,1-4H3. The Morgan fingerprint density at radius 2 is 1.65 bits per heavy atom. The van der Waals surface area contributed by atoms with E-state index in [-0.39, 0.29) is 17.0 Å². The molecule has 96 valence electrons. The molecule has 0 aliphatic rings. The minimum absolute atomic E-state index is 0.165. The number of benzene rings is 1. The Balaban J connectivity index is 3.26. The molecule has 0 fully saturated rings. The normalized spacial score (nSPS) is 13.8. The van der Waals surface area contributed by atoms with E-state index >= 15 is 0 Å². The van der Waals surface area contributed by atoms with Crippen molar-refractivity contribution in [3.05, 3.63) is 35.1 Å². The summed E-state index contributed by atoms with van der Waals surface area (Å²) in [4.78, 5) is 0. The van der Waals surface area contributed by atoms with Gasteiger partial charge in [0.1, 0.15) is 5.82 Å². The first-order valence-electron chi connectivity index (χ1n) is 5.65. The Hall–Kier alpha value is -1.03. The quantitative estimate of drug-likeness (QED) is 0.795. The van der Waals surface area contributed by atoms with Crippen molar-refractivity contribution in [3.63, 3.8) is 0 Å². The van der Waals surface area contributed by atoms with Crippen LogP contribution in [0.15, 0.2) is 12.1 Å². The van der Waals surface area contributed by atoms with Gasteiger partial charge in [0.05, 0.1) is 0 Å². The molecule has 0 aromatic heterocycles. The molecule has 17 heavy (non-hydrogen) atoms. The van der Waals surface area contributed by atoms with E-state index < -0.39 is 17.5 Å². The lowest BCUT2D eigenvalue weighted by Crippen LogP contribution is -2.32. The van der Waals surface area contributed by atoms with E-state index in [2.05, 4.69) is 5.32 Å². The van der Waals surface area contributed by atoms with Crippen molar-refractivity contribution in [2.45, 2.75) is 33.2 Å². The lowest BCUT2D eigenvalue weighted by atomic mass is 9.78. The third kappa shape index (κ3) is 2.80. The molecule has 0 amide bonds. The number of hydrogen-bond acceptors (Lipinski definition) is 1. The van der Waals surface area contributed by atoms with Crippen LogP contribution in [0, 0.1) is 22.9 Å². The van der Waals surface area contributed by atoms with Crippen molar-refractivity contribution in [1.29, 1.82) is 0 Å². The molecular weight excluding hydrogens is 227 g/mol. The van der Waals surface area contributed by atoms with E-state index in [0.29, 0.717) is 6.07 Å². The van der Waals surface area contributed by atoms with Crippen molar-refractivity contribution in [1.82, 2.24) is 5.32 Å². The fourth-order valence-corrected chi connectivity index (χ4v) is 1.93. The minimum Gasteiger partial charge on any atom is -0.312 e. The summed E-state index contributed by atoms with van der Waals surface area (Å²) in [5.41, 5.74) is -0.0851. The fourth-order valence-electron chi connectivity index (χ4n) is 1.93. The van der Waals surface area contributed by atoms with Crippen LogP contribution >= 0.6 is 0 Å². The van der Waals surface area contributed by atoms with Gasteiger partial charge < -0.3 is 5.32 Å². The van der Waals surface area contributed by atoms with Gasteiger partial charge in [0, 0.05) is 17.7 Å². The highest BCUT2D eigenvalue weighted by molar-refractivity contribution is 5.25. The van der Waals surface area contributed by atoms with Gasteiger partial charge in [-0.3, -0.25) is 0 Å². The number of halogens is 3. The molecule has 1 N–H and O–H groups in total. The van der Waals surface area contributed by atoms with E-state index in [0.717, 1.165) is 12.5 Å². The molecule has 1 nitrogen and oxygen atoms in total. The third-order valence-electron chi connectivity index (χ3n) is 3.33. The Morgan fingerprint density at radius 1 is 1.12 bits per heavy atom. The van der Waals surface area contributed by atoms with E-state index in [1.165, 1.54) is 0 Å². The lowest BCUT2D eigenvalue weighted by Gasteiger charge is -2.33. The topological polar surface area (TPSA) is 12.0 Å². The summed E-state index contributed by atoms with van der Waals surface area (Å²) < 4.78 is 39.7. The van der Waals surface area contributed by atoms with Crippen LogP contribution in [0.4, 0.5) is 13.2 Å². The first-order valence-corrected chi connectivity index (χ1v) is 5.65. The van der Waals surface area contributed by atoms with Crippen molar-refractivity contribution in [2.24, 2.45) is 5.41 Å². The fraction of sp³-hybridized carbons (Fsp3) is 0.538. The largest absolute Gasteiger partial charge is 0.312 e. The Labute approximate surface area is 100 Å². The van der Waals surface area contributed by atoms with Crippen LogP contribution in [0.2, 0.25) is 0 Å². The second-order valence-corrected chi connectivity index (χ2v) is 4.85. The van der Waals surface area contributed by atoms with Crippen LogP contribution in [0.5, 0.6) is 0 Å². The molecular formula is C13H18F3N. The molecule has 1 unspecified atom stereocenters. The molecule has 1 aromatic carbocycles. The second kappa shape index (κ2) is 5.08. The molecule has 0 bridgehead atoms. The van der Waals surface area contributed by atoms with Gasteiger partial charge in [-0.05, 0) is 24.9 Å². The molecule has 0 heterocycles. The van der Waals surface area contributed by atoms with Crippen LogP contribution in [0.1, 0.15) is 38.8 Å². The summed E-state index contributed by atoms with van der Waals surface area (Å²) in [5.74, 6) is -2.89. The summed E-state index contributed by atoms with van der Waals surface area (Å²) in [6.45, 7) is 5.88. The van der Waals surface area contributed by atoms with Gasteiger partial charge in [0.15, 0.2) is 11.6 Å².